The molecule has 4 heteroatoms. The van der Waals surface area contributed by atoms with Crippen LogP contribution in [0.2, 0.25) is 0 Å². The molecule has 0 aliphatic rings. The lowest BCUT2D eigenvalue weighted by atomic mass is 10.2. The second-order valence-electron chi connectivity index (χ2n) is 3.12. The van der Waals surface area contributed by atoms with Gasteiger partial charge in [-0.2, -0.15) is 13.2 Å². The molecule has 0 aliphatic carbocycles. The quantitative estimate of drug-likeness (QED) is 0.613. The van der Waals surface area contributed by atoms with Crippen molar-refractivity contribution in [2.24, 2.45) is 0 Å². The normalized spacial score (nSPS) is 14.2. The highest BCUT2D eigenvalue weighted by atomic mass is 19.4. The Hall–Kier alpha value is -0.510. The van der Waals surface area contributed by atoms with Crippen LogP contribution in [0.3, 0.4) is 0 Å². The third-order valence-corrected chi connectivity index (χ3v) is 1.48. The van der Waals surface area contributed by atoms with Crippen molar-refractivity contribution in [2.75, 3.05) is 6.61 Å². The number of hydrogen-bond acceptors (Lipinski definition) is 1. The summed E-state index contributed by atoms with van der Waals surface area (Å²) in [4.78, 5) is 0. The van der Waals surface area contributed by atoms with E-state index in [1.165, 1.54) is 0 Å². The number of alkyl halides is 3. The molecule has 0 saturated carbocycles. The van der Waals surface area contributed by atoms with Gasteiger partial charge in [0, 0.05) is 0 Å². The van der Waals surface area contributed by atoms with Crippen molar-refractivity contribution in [3.8, 4) is 0 Å². The standard InChI is InChI=1S/C9H15F3O/c1-4-8(5-9(10,11)12)13-6-7(2)3/h8H,2,4-6H2,1,3H3. The second-order valence-corrected chi connectivity index (χ2v) is 3.12. The van der Waals surface area contributed by atoms with Crippen LogP contribution in [-0.2, 0) is 4.74 Å². The first-order valence-electron chi connectivity index (χ1n) is 4.18. The van der Waals surface area contributed by atoms with Crippen LogP contribution < -0.4 is 0 Å². The Balaban J connectivity index is 3.83. The van der Waals surface area contributed by atoms with Crippen LogP contribution >= 0.6 is 0 Å². The largest absolute Gasteiger partial charge is 0.391 e. The first-order valence-corrected chi connectivity index (χ1v) is 4.18. The molecule has 1 unspecified atom stereocenters. The molecule has 0 aromatic heterocycles. The first-order chi connectivity index (χ1) is 5.85. The SMILES string of the molecule is C=C(C)COC(CC)CC(F)(F)F. The summed E-state index contributed by atoms with van der Waals surface area (Å²) in [6.07, 6.45) is -5.39. The van der Waals surface area contributed by atoms with E-state index < -0.39 is 18.7 Å². The van der Waals surface area contributed by atoms with Gasteiger partial charge < -0.3 is 4.74 Å². The predicted molar refractivity (Wildman–Crippen MR) is 45.5 cm³/mol. The zero-order valence-corrected chi connectivity index (χ0v) is 7.95. The predicted octanol–water partition coefficient (Wildman–Crippen LogP) is 3.31. The van der Waals surface area contributed by atoms with Gasteiger partial charge in [-0.3, -0.25) is 0 Å². The molecule has 0 aromatic rings. The molecule has 1 nitrogen and oxygen atoms in total. The molecule has 0 aliphatic heterocycles. The Morgan fingerprint density at radius 3 is 2.31 bits per heavy atom. The van der Waals surface area contributed by atoms with E-state index >= 15 is 0 Å². The molecule has 0 spiro atoms. The first kappa shape index (κ1) is 12.5. The highest BCUT2D eigenvalue weighted by molar-refractivity contribution is 4.87. The van der Waals surface area contributed by atoms with Crippen LogP contribution in [0.25, 0.3) is 0 Å². The van der Waals surface area contributed by atoms with Gasteiger partial charge in [0.1, 0.15) is 0 Å². The molecule has 0 bridgehead atoms. The summed E-state index contributed by atoms with van der Waals surface area (Å²) in [5.41, 5.74) is 0.737. The summed E-state index contributed by atoms with van der Waals surface area (Å²) in [6.45, 7) is 7.15. The monoisotopic (exact) mass is 196 g/mol. The maximum Gasteiger partial charge on any atom is 0.391 e. The van der Waals surface area contributed by atoms with Crippen LogP contribution in [0.4, 0.5) is 13.2 Å². The topological polar surface area (TPSA) is 9.23 Å². The van der Waals surface area contributed by atoms with E-state index in [2.05, 4.69) is 6.58 Å². The molecule has 0 saturated heterocycles. The van der Waals surface area contributed by atoms with E-state index in [9.17, 15) is 13.2 Å². The fraction of sp³-hybridized carbons (Fsp3) is 0.778. The Morgan fingerprint density at radius 1 is 1.46 bits per heavy atom. The van der Waals surface area contributed by atoms with Gasteiger partial charge in [0.2, 0.25) is 0 Å². The summed E-state index contributed by atoms with van der Waals surface area (Å²) in [7, 11) is 0. The molecule has 1 atom stereocenters. The third kappa shape index (κ3) is 7.84. The van der Waals surface area contributed by atoms with Crippen molar-refractivity contribution in [2.45, 2.75) is 39.0 Å². The molecular weight excluding hydrogens is 181 g/mol. The van der Waals surface area contributed by atoms with Gasteiger partial charge in [0.15, 0.2) is 0 Å². The number of halogens is 3. The van der Waals surface area contributed by atoms with Crippen LogP contribution in [0.15, 0.2) is 12.2 Å². The summed E-state index contributed by atoms with van der Waals surface area (Å²) >= 11 is 0. The smallest absolute Gasteiger partial charge is 0.374 e. The summed E-state index contributed by atoms with van der Waals surface area (Å²) in [6, 6.07) is 0. The Bertz CT molecular complexity index is 163. The molecule has 78 valence electrons. The lowest BCUT2D eigenvalue weighted by Crippen LogP contribution is -2.22. The van der Waals surface area contributed by atoms with Gasteiger partial charge in [0.25, 0.3) is 0 Å². The minimum absolute atomic E-state index is 0.203. The molecule has 0 radical (unpaired) electrons. The summed E-state index contributed by atoms with van der Waals surface area (Å²) < 4.78 is 40.8. The van der Waals surface area contributed by atoms with Gasteiger partial charge >= 0.3 is 6.18 Å². The number of rotatable bonds is 5. The van der Waals surface area contributed by atoms with E-state index in [-0.39, 0.29) is 6.61 Å². The van der Waals surface area contributed by atoms with Crippen molar-refractivity contribution in [3.05, 3.63) is 12.2 Å². The number of hydrogen-bond donors (Lipinski definition) is 0. The van der Waals surface area contributed by atoms with Crippen LogP contribution in [0.1, 0.15) is 26.7 Å². The highest BCUT2D eigenvalue weighted by Crippen LogP contribution is 2.24. The van der Waals surface area contributed by atoms with Crippen molar-refractivity contribution < 1.29 is 17.9 Å². The average Bonchev–Trinajstić information content (AvgIpc) is 1.95. The highest BCUT2D eigenvalue weighted by Gasteiger charge is 2.31. The van der Waals surface area contributed by atoms with Crippen molar-refractivity contribution >= 4 is 0 Å². The van der Waals surface area contributed by atoms with E-state index in [4.69, 9.17) is 4.74 Å². The van der Waals surface area contributed by atoms with E-state index in [0.717, 1.165) is 5.57 Å². The second kappa shape index (κ2) is 5.27. The van der Waals surface area contributed by atoms with Gasteiger partial charge in [0.05, 0.1) is 19.1 Å². The van der Waals surface area contributed by atoms with Crippen LogP contribution in [0, 0.1) is 0 Å². The molecular formula is C9H15F3O. The van der Waals surface area contributed by atoms with E-state index in [1.807, 2.05) is 0 Å². The Kier molecular flexibility index (Phi) is 5.06. The van der Waals surface area contributed by atoms with Crippen molar-refractivity contribution in [1.82, 2.24) is 0 Å². The van der Waals surface area contributed by atoms with Gasteiger partial charge in [-0.1, -0.05) is 19.1 Å². The van der Waals surface area contributed by atoms with E-state index in [1.54, 1.807) is 13.8 Å². The van der Waals surface area contributed by atoms with Crippen molar-refractivity contribution in [1.29, 1.82) is 0 Å². The van der Waals surface area contributed by atoms with Crippen LogP contribution in [0.5, 0.6) is 0 Å². The van der Waals surface area contributed by atoms with Gasteiger partial charge in [-0.15, -0.1) is 0 Å². The maximum atomic E-state index is 11.9. The van der Waals surface area contributed by atoms with E-state index in [0.29, 0.717) is 6.42 Å². The Labute approximate surface area is 76.6 Å². The minimum atomic E-state index is -4.14. The fourth-order valence-corrected chi connectivity index (χ4v) is 0.839. The molecule has 0 rings (SSSR count). The molecule has 13 heavy (non-hydrogen) atoms. The molecule has 0 heterocycles. The summed E-state index contributed by atoms with van der Waals surface area (Å²) in [5, 5.41) is 0. The molecule has 0 N–H and O–H groups in total. The number of ether oxygens (including phenoxy) is 1. The lowest BCUT2D eigenvalue weighted by molar-refractivity contribution is -0.159. The minimum Gasteiger partial charge on any atom is -0.374 e. The molecule has 0 fully saturated rings. The molecule has 0 amide bonds. The third-order valence-electron chi connectivity index (χ3n) is 1.48. The zero-order chi connectivity index (χ0) is 10.5. The molecule has 0 aromatic carbocycles. The summed E-state index contributed by atoms with van der Waals surface area (Å²) in [5.74, 6) is 0. The lowest BCUT2D eigenvalue weighted by Gasteiger charge is -2.17. The van der Waals surface area contributed by atoms with Gasteiger partial charge in [-0.05, 0) is 13.3 Å². The van der Waals surface area contributed by atoms with Crippen LogP contribution in [-0.4, -0.2) is 18.9 Å². The average molecular weight is 196 g/mol. The Morgan fingerprint density at radius 2 is 2.00 bits per heavy atom. The van der Waals surface area contributed by atoms with Crippen molar-refractivity contribution in [3.63, 3.8) is 0 Å². The fourth-order valence-electron chi connectivity index (χ4n) is 0.839. The zero-order valence-electron chi connectivity index (χ0n) is 7.95. The van der Waals surface area contributed by atoms with Gasteiger partial charge in [-0.25, -0.2) is 0 Å². The maximum absolute atomic E-state index is 11.9.